The third-order valence-electron chi connectivity index (χ3n) is 2.92. The third kappa shape index (κ3) is 1.15. The van der Waals surface area contributed by atoms with Crippen LogP contribution in [-0.4, -0.2) is 12.1 Å². The van der Waals surface area contributed by atoms with Gasteiger partial charge in [-0.25, -0.2) is 4.79 Å². The minimum absolute atomic E-state index is 0.160. The van der Waals surface area contributed by atoms with Crippen LogP contribution in [0.5, 0.6) is 0 Å². The van der Waals surface area contributed by atoms with Crippen molar-refractivity contribution in [2.24, 2.45) is 5.92 Å². The zero-order valence-electron chi connectivity index (χ0n) is 7.21. The first-order valence-corrected chi connectivity index (χ1v) is 4.69. The maximum absolute atomic E-state index is 11.1. The van der Waals surface area contributed by atoms with E-state index < -0.39 is 0 Å². The maximum Gasteiger partial charge on any atom is 0.334 e. The minimum atomic E-state index is -0.160. The van der Waals surface area contributed by atoms with Crippen molar-refractivity contribution >= 4 is 5.97 Å². The second-order valence-electron chi connectivity index (χ2n) is 3.71. The lowest BCUT2D eigenvalue weighted by Crippen LogP contribution is -2.14. The van der Waals surface area contributed by atoms with Crippen LogP contribution in [0.4, 0.5) is 0 Å². The number of ether oxygens (including phenoxy) is 1. The van der Waals surface area contributed by atoms with Gasteiger partial charge in [0.05, 0.1) is 0 Å². The summed E-state index contributed by atoms with van der Waals surface area (Å²) >= 11 is 0. The third-order valence-corrected chi connectivity index (χ3v) is 2.92. The van der Waals surface area contributed by atoms with E-state index in [9.17, 15) is 4.79 Å². The van der Waals surface area contributed by atoms with E-state index in [2.05, 4.69) is 6.58 Å². The van der Waals surface area contributed by atoms with Gasteiger partial charge in [-0.3, -0.25) is 0 Å². The molecule has 0 radical (unpaired) electrons. The highest BCUT2D eigenvalue weighted by Crippen LogP contribution is 2.36. The van der Waals surface area contributed by atoms with Gasteiger partial charge in [0.25, 0.3) is 0 Å². The van der Waals surface area contributed by atoms with Crippen molar-refractivity contribution in [2.75, 3.05) is 0 Å². The molecule has 1 aliphatic carbocycles. The van der Waals surface area contributed by atoms with Gasteiger partial charge in [-0.2, -0.15) is 0 Å². The van der Waals surface area contributed by atoms with E-state index in [1.807, 2.05) is 0 Å². The van der Waals surface area contributed by atoms with Gasteiger partial charge in [-0.1, -0.05) is 19.4 Å². The molecule has 0 aromatic rings. The summed E-state index contributed by atoms with van der Waals surface area (Å²) in [5, 5.41) is 0. The molecule has 0 N–H and O–H groups in total. The maximum atomic E-state index is 11.1. The van der Waals surface area contributed by atoms with Crippen LogP contribution in [0.1, 0.15) is 32.1 Å². The molecule has 0 aromatic carbocycles. The summed E-state index contributed by atoms with van der Waals surface area (Å²) < 4.78 is 5.22. The Kier molecular flexibility index (Phi) is 1.91. The number of carbonyl (C=O) groups excluding carboxylic acids is 1. The zero-order chi connectivity index (χ0) is 8.55. The fourth-order valence-corrected chi connectivity index (χ4v) is 2.18. The van der Waals surface area contributed by atoms with Crippen LogP contribution in [0.2, 0.25) is 0 Å². The standard InChI is InChI=1S/C10H14O2/c1-7-8-5-3-2-4-6-9(8)12-10(7)11/h8-9H,1-6H2/t8-,9-/m1/s1. The van der Waals surface area contributed by atoms with E-state index in [0.29, 0.717) is 11.5 Å². The fraction of sp³-hybridized carbons (Fsp3) is 0.700. The highest BCUT2D eigenvalue weighted by molar-refractivity contribution is 5.90. The highest BCUT2D eigenvalue weighted by atomic mass is 16.6. The first kappa shape index (κ1) is 7.84. The van der Waals surface area contributed by atoms with Gasteiger partial charge in [0.1, 0.15) is 6.10 Å². The van der Waals surface area contributed by atoms with Crippen molar-refractivity contribution in [2.45, 2.75) is 38.2 Å². The van der Waals surface area contributed by atoms with Gasteiger partial charge in [0, 0.05) is 11.5 Å². The summed E-state index contributed by atoms with van der Waals surface area (Å²) in [6, 6.07) is 0. The molecule has 2 atom stereocenters. The van der Waals surface area contributed by atoms with Gasteiger partial charge in [0.2, 0.25) is 0 Å². The average molecular weight is 166 g/mol. The Hall–Kier alpha value is -0.790. The number of hydrogen-bond donors (Lipinski definition) is 0. The van der Waals surface area contributed by atoms with Crippen LogP contribution in [-0.2, 0) is 9.53 Å². The molecular weight excluding hydrogens is 152 g/mol. The molecule has 2 nitrogen and oxygen atoms in total. The highest BCUT2D eigenvalue weighted by Gasteiger charge is 2.38. The number of esters is 1. The second-order valence-corrected chi connectivity index (χ2v) is 3.71. The number of fused-ring (bicyclic) bond motifs is 1. The van der Waals surface area contributed by atoms with E-state index in [-0.39, 0.29) is 12.1 Å². The van der Waals surface area contributed by atoms with Gasteiger partial charge in [0.15, 0.2) is 0 Å². The molecule has 1 aliphatic heterocycles. The quantitative estimate of drug-likeness (QED) is 0.406. The van der Waals surface area contributed by atoms with Crippen LogP contribution in [0, 0.1) is 5.92 Å². The average Bonchev–Trinajstić information content (AvgIpc) is 2.30. The van der Waals surface area contributed by atoms with Crippen molar-refractivity contribution in [3.8, 4) is 0 Å². The lowest BCUT2D eigenvalue weighted by molar-refractivity contribution is -0.139. The molecule has 0 spiro atoms. The summed E-state index contributed by atoms with van der Waals surface area (Å²) in [6.07, 6.45) is 5.98. The summed E-state index contributed by atoms with van der Waals surface area (Å²) in [4.78, 5) is 11.1. The van der Waals surface area contributed by atoms with E-state index >= 15 is 0 Å². The largest absolute Gasteiger partial charge is 0.458 e. The molecule has 2 fully saturated rings. The smallest absolute Gasteiger partial charge is 0.334 e. The second kappa shape index (κ2) is 2.92. The van der Waals surface area contributed by atoms with Gasteiger partial charge in [-0.15, -0.1) is 0 Å². The van der Waals surface area contributed by atoms with Crippen molar-refractivity contribution < 1.29 is 9.53 Å². The lowest BCUT2D eigenvalue weighted by Gasteiger charge is -2.12. The predicted octanol–water partition coefficient (Wildman–Crippen LogP) is 2.05. The van der Waals surface area contributed by atoms with Crippen molar-refractivity contribution in [1.29, 1.82) is 0 Å². The van der Waals surface area contributed by atoms with Gasteiger partial charge in [-0.05, 0) is 19.3 Å². The van der Waals surface area contributed by atoms with Crippen LogP contribution in [0.15, 0.2) is 12.2 Å². The summed E-state index contributed by atoms with van der Waals surface area (Å²) in [5.41, 5.74) is 0.710. The first-order chi connectivity index (χ1) is 5.79. The van der Waals surface area contributed by atoms with Crippen molar-refractivity contribution in [1.82, 2.24) is 0 Å². The summed E-state index contributed by atoms with van der Waals surface area (Å²) in [7, 11) is 0. The van der Waals surface area contributed by atoms with Crippen LogP contribution >= 0.6 is 0 Å². The zero-order valence-corrected chi connectivity index (χ0v) is 7.21. The monoisotopic (exact) mass is 166 g/mol. The Labute approximate surface area is 72.6 Å². The molecule has 0 aromatic heterocycles. The molecule has 12 heavy (non-hydrogen) atoms. The predicted molar refractivity (Wildman–Crippen MR) is 45.6 cm³/mol. The Morgan fingerprint density at radius 1 is 1.25 bits per heavy atom. The molecule has 1 saturated heterocycles. The van der Waals surface area contributed by atoms with Crippen molar-refractivity contribution in [3.05, 3.63) is 12.2 Å². The molecule has 66 valence electrons. The van der Waals surface area contributed by atoms with E-state index in [1.165, 1.54) is 19.3 Å². The Morgan fingerprint density at radius 2 is 2.00 bits per heavy atom. The number of hydrogen-bond acceptors (Lipinski definition) is 2. The SMILES string of the molecule is C=C1C(=O)O[C@@H]2CCCCC[C@H]12. The van der Waals surface area contributed by atoms with Crippen molar-refractivity contribution in [3.63, 3.8) is 0 Å². The van der Waals surface area contributed by atoms with Crippen LogP contribution in [0.3, 0.4) is 0 Å². The molecule has 0 bridgehead atoms. The molecular formula is C10H14O2. The molecule has 2 heteroatoms. The topological polar surface area (TPSA) is 26.3 Å². The normalized spacial score (nSPS) is 35.7. The number of carbonyl (C=O) groups is 1. The molecule has 2 aliphatic rings. The fourth-order valence-electron chi connectivity index (χ4n) is 2.18. The molecule has 0 amide bonds. The minimum Gasteiger partial charge on any atom is -0.458 e. The van der Waals surface area contributed by atoms with E-state index in [0.717, 1.165) is 12.8 Å². The summed E-state index contributed by atoms with van der Waals surface area (Å²) in [6.45, 7) is 3.79. The Morgan fingerprint density at radius 3 is 2.83 bits per heavy atom. The molecule has 2 rings (SSSR count). The van der Waals surface area contributed by atoms with Crippen LogP contribution in [0.25, 0.3) is 0 Å². The number of rotatable bonds is 0. The van der Waals surface area contributed by atoms with Gasteiger partial charge >= 0.3 is 5.97 Å². The lowest BCUT2D eigenvalue weighted by atomic mass is 9.93. The molecule has 1 heterocycles. The molecule has 0 unspecified atom stereocenters. The Bertz CT molecular complexity index is 220. The van der Waals surface area contributed by atoms with Gasteiger partial charge < -0.3 is 4.74 Å². The first-order valence-electron chi connectivity index (χ1n) is 4.69. The molecule has 1 saturated carbocycles. The van der Waals surface area contributed by atoms with E-state index in [1.54, 1.807) is 0 Å². The Balaban J connectivity index is 2.15. The summed E-state index contributed by atoms with van der Waals surface area (Å²) in [5.74, 6) is 0.173. The van der Waals surface area contributed by atoms with E-state index in [4.69, 9.17) is 4.74 Å². The van der Waals surface area contributed by atoms with Crippen LogP contribution < -0.4 is 0 Å².